The quantitative estimate of drug-likeness (QED) is 0.429. The summed E-state index contributed by atoms with van der Waals surface area (Å²) < 4.78 is 0.0923. The van der Waals surface area contributed by atoms with Crippen LogP contribution in [-0.4, -0.2) is 8.07 Å². The van der Waals surface area contributed by atoms with Crippen molar-refractivity contribution in [2.24, 2.45) is 0 Å². The first-order valence-corrected chi connectivity index (χ1v) is 12.4. The molecule has 0 saturated heterocycles. The Balaban J connectivity index is 0. The summed E-state index contributed by atoms with van der Waals surface area (Å²) >= 11 is 2.39. The van der Waals surface area contributed by atoms with Gasteiger partial charge in [0.05, 0.1) is 0 Å². The second-order valence-corrected chi connectivity index (χ2v) is 14.8. The van der Waals surface area contributed by atoms with Crippen molar-refractivity contribution in [2.75, 3.05) is 0 Å². The summed E-state index contributed by atoms with van der Waals surface area (Å²) in [5.74, 6) is 0. The molecule has 0 spiro atoms. The maximum Gasteiger partial charge on any atom is -1.00 e. The third-order valence-electron chi connectivity index (χ3n) is 5.32. The van der Waals surface area contributed by atoms with Gasteiger partial charge in [0, 0.05) is 0 Å². The Morgan fingerprint density at radius 2 is 1.36 bits per heavy atom. The Kier molecular flexibility index (Phi) is 10.1. The van der Waals surface area contributed by atoms with Crippen molar-refractivity contribution in [3.05, 3.63) is 57.8 Å². The van der Waals surface area contributed by atoms with Crippen LogP contribution < -0.4 is 37.2 Å². The van der Waals surface area contributed by atoms with E-state index in [2.05, 4.69) is 105 Å². The zero-order chi connectivity index (χ0) is 16.9. The number of allylic oxidation sites excluding steroid dienone is 4. The molecule has 1 aromatic rings. The summed E-state index contributed by atoms with van der Waals surface area (Å²) in [6, 6.07) is 4.75. The first-order chi connectivity index (χ1) is 9.88. The van der Waals surface area contributed by atoms with E-state index in [-0.39, 0.29) is 46.4 Å². The molecule has 1 aliphatic carbocycles. The van der Waals surface area contributed by atoms with Crippen molar-refractivity contribution in [2.45, 2.75) is 63.4 Å². The molecule has 1 aliphatic rings. The number of hydrogen-bond acceptors (Lipinski definition) is 0. The summed E-state index contributed by atoms with van der Waals surface area (Å²) in [5.41, 5.74) is 5.78. The zero-order valence-electron chi connectivity index (χ0n) is 16.5. The normalized spacial score (nSPS) is 19.5. The molecule has 0 N–H and O–H groups in total. The van der Waals surface area contributed by atoms with Gasteiger partial charge in [0.2, 0.25) is 0 Å². The van der Waals surface area contributed by atoms with Crippen LogP contribution in [0.5, 0.6) is 0 Å². The fourth-order valence-corrected chi connectivity index (χ4v) is 5.33. The van der Waals surface area contributed by atoms with E-state index in [1.165, 1.54) is 22.3 Å². The molecular weight excluding hydrogens is 423 g/mol. The van der Waals surface area contributed by atoms with Crippen LogP contribution in [0.3, 0.4) is 0 Å². The Labute approximate surface area is 186 Å². The first-order valence-electron chi connectivity index (χ1n) is 8.14. The number of rotatable bonds is 3. The Hall–Kier alpha value is 0.501. The van der Waals surface area contributed by atoms with Crippen LogP contribution >= 0.6 is 0 Å². The molecule has 25 heavy (non-hydrogen) atoms. The molecule has 0 nitrogen and oxygen atoms in total. The Morgan fingerprint density at radius 3 is 1.80 bits per heavy atom. The van der Waals surface area contributed by atoms with Gasteiger partial charge in [-0.25, -0.2) is 0 Å². The molecule has 0 aromatic heterocycles. The van der Waals surface area contributed by atoms with Gasteiger partial charge in [-0.1, -0.05) is 0 Å². The standard InChI is InChI=1S/C20H29Si.3ClH.Ti/c1-14-11-16(3)19(12-15(14)2)20(4,5)17-9-10-18(13-17)21(6,7)8;;;;/h9-13H,1-8H3;3*1H;/q;;;;+3/p-3. The topological polar surface area (TPSA) is 0 Å². The van der Waals surface area contributed by atoms with Crippen LogP contribution in [0.4, 0.5) is 0 Å². The van der Waals surface area contributed by atoms with Crippen molar-refractivity contribution < 1.29 is 57.7 Å². The van der Waals surface area contributed by atoms with Crippen molar-refractivity contribution in [3.63, 3.8) is 0 Å². The molecule has 0 aliphatic heterocycles. The van der Waals surface area contributed by atoms with Gasteiger partial charge in [-0.05, 0) is 0 Å². The Bertz CT molecular complexity index is 672. The maximum atomic E-state index is 2.55. The second-order valence-electron chi connectivity index (χ2n) is 8.43. The molecule has 0 saturated carbocycles. The molecule has 0 radical (unpaired) electrons. The van der Waals surface area contributed by atoms with E-state index >= 15 is 0 Å². The van der Waals surface area contributed by atoms with Crippen molar-refractivity contribution in [1.82, 2.24) is 0 Å². The third-order valence-corrected chi connectivity index (χ3v) is 8.83. The van der Waals surface area contributed by atoms with E-state index in [0.29, 0.717) is 0 Å². The number of benzene rings is 1. The minimum absolute atomic E-state index is 0. The first kappa shape index (κ1) is 27.7. The molecule has 138 valence electrons. The van der Waals surface area contributed by atoms with Crippen LogP contribution in [0.2, 0.25) is 23.4 Å². The summed E-state index contributed by atoms with van der Waals surface area (Å²) in [5, 5.41) is 1.59. The van der Waals surface area contributed by atoms with Gasteiger partial charge >= 0.3 is 150 Å². The van der Waals surface area contributed by atoms with Crippen LogP contribution in [0.25, 0.3) is 0 Å². The largest absolute Gasteiger partial charge is 1.00 e. The molecule has 0 heterocycles. The number of hydrogen-bond donors (Lipinski definition) is 0. The molecule has 0 amide bonds. The van der Waals surface area contributed by atoms with Gasteiger partial charge in [-0.15, -0.1) is 0 Å². The predicted molar refractivity (Wildman–Crippen MR) is 96.9 cm³/mol. The van der Waals surface area contributed by atoms with E-state index < -0.39 is 8.07 Å². The fraction of sp³-hybridized carbons (Fsp3) is 0.500. The molecule has 0 bridgehead atoms. The summed E-state index contributed by atoms with van der Waals surface area (Å²) in [7, 11) is -1.25. The van der Waals surface area contributed by atoms with Gasteiger partial charge in [-0.3, -0.25) is 0 Å². The van der Waals surface area contributed by atoms with E-state index in [4.69, 9.17) is 0 Å². The predicted octanol–water partition coefficient (Wildman–Crippen LogP) is -3.02. The Morgan fingerprint density at radius 1 is 0.880 bits per heavy atom. The van der Waals surface area contributed by atoms with Crippen LogP contribution in [0.15, 0.2) is 35.6 Å². The monoisotopic (exact) mass is 450 g/mol. The number of aryl methyl sites for hydroxylation is 3. The van der Waals surface area contributed by atoms with Gasteiger partial charge in [0.15, 0.2) is 0 Å². The third kappa shape index (κ3) is 5.27. The van der Waals surface area contributed by atoms with Crippen molar-refractivity contribution >= 4 is 8.07 Å². The molecule has 5 heteroatoms. The average molecular weight is 452 g/mol. The van der Waals surface area contributed by atoms with Crippen molar-refractivity contribution in [3.8, 4) is 0 Å². The van der Waals surface area contributed by atoms with Crippen LogP contribution in [-0.2, 0) is 25.9 Å². The molecule has 1 atom stereocenters. The molecule has 2 rings (SSSR count). The summed E-state index contributed by atoms with van der Waals surface area (Å²) in [6.45, 7) is 18.8. The smallest absolute Gasteiger partial charge is 1.00 e. The van der Waals surface area contributed by atoms with Crippen molar-refractivity contribution in [1.29, 1.82) is 0 Å². The zero-order valence-corrected chi connectivity index (χ0v) is 21.3. The molecule has 0 fully saturated rings. The molecular formula is C20H29Cl3SiTi. The van der Waals surface area contributed by atoms with Gasteiger partial charge < -0.3 is 37.2 Å². The second kappa shape index (κ2) is 9.13. The SMILES string of the molecule is Cc1cc(C)c(C(C)(C)[C]2([Ti+3])C=CC([Si](C)(C)C)=C2)cc1C.[Cl-].[Cl-].[Cl-]. The van der Waals surface area contributed by atoms with Crippen LogP contribution in [0.1, 0.15) is 36.1 Å². The molecule has 1 unspecified atom stereocenters. The van der Waals surface area contributed by atoms with E-state index in [1.54, 1.807) is 5.20 Å². The van der Waals surface area contributed by atoms with Gasteiger partial charge in [0.25, 0.3) is 0 Å². The number of halogens is 3. The van der Waals surface area contributed by atoms with Crippen LogP contribution in [0, 0.1) is 20.8 Å². The summed E-state index contributed by atoms with van der Waals surface area (Å²) in [6.07, 6.45) is 7.38. The minimum atomic E-state index is -1.25. The van der Waals surface area contributed by atoms with E-state index in [0.717, 1.165) is 0 Å². The minimum Gasteiger partial charge on any atom is -1.00 e. The fourth-order valence-electron chi connectivity index (χ4n) is 3.27. The van der Waals surface area contributed by atoms with E-state index in [9.17, 15) is 0 Å². The van der Waals surface area contributed by atoms with Gasteiger partial charge in [-0.2, -0.15) is 0 Å². The maximum absolute atomic E-state index is 2.55. The van der Waals surface area contributed by atoms with E-state index in [1.807, 2.05) is 0 Å². The molecule has 1 aromatic carbocycles. The summed E-state index contributed by atoms with van der Waals surface area (Å²) in [4.78, 5) is 0. The van der Waals surface area contributed by atoms with Gasteiger partial charge in [0.1, 0.15) is 0 Å². The average Bonchev–Trinajstić information content (AvgIpc) is 2.78.